The molecule has 0 aliphatic rings. The lowest BCUT2D eigenvalue weighted by molar-refractivity contribution is -0.0609. The van der Waals surface area contributed by atoms with E-state index in [1.54, 1.807) is 0 Å². The third-order valence-electron chi connectivity index (χ3n) is 4.56. The first-order chi connectivity index (χ1) is 13.9. The molecule has 2 rings (SSSR count). The van der Waals surface area contributed by atoms with Crippen molar-refractivity contribution in [3.63, 3.8) is 0 Å². The van der Waals surface area contributed by atoms with Gasteiger partial charge in [0.25, 0.3) is 0 Å². The molecule has 0 spiro atoms. The Hall–Kier alpha value is 0.0638. The van der Waals surface area contributed by atoms with Crippen LogP contribution < -0.4 is 0 Å². The molecular formula is C20H33BrCl2N2O3Si2. The highest BCUT2D eigenvalue weighted by molar-refractivity contribution is 9.10. The molecule has 0 aliphatic carbocycles. The van der Waals surface area contributed by atoms with Crippen molar-refractivity contribution in [3.05, 3.63) is 26.4 Å². The van der Waals surface area contributed by atoms with E-state index < -0.39 is 16.1 Å². The topological polar surface area (TPSA) is 45.5 Å². The predicted octanol–water partition coefficient (Wildman–Crippen LogP) is 7.25. The van der Waals surface area contributed by atoms with E-state index in [-0.39, 0.29) is 6.79 Å². The summed E-state index contributed by atoms with van der Waals surface area (Å²) in [4.78, 5) is 4.70. The third kappa shape index (κ3) is 8.20. The van der Waals surface area contributed by atoms with Gasteiger partial charge in [-0.1, -0.05) is 62.5 Å². The molecule has 0 unspecified atom stereocenters. The molecule has 5 nitrogen and oxygen atoms in total. The first-order valence-electron chi connectivity index (χ1n) is 10.1. The van der Waals surface area contributed by atoms with E-state index in [1.165, 1.54) is 0 Å². The van der Waals surface area contributed by atoms with Gasteiger partial charge in [0.05, 0.1) is 21.1 Å². The van der Waals surface area contributed by atoms with Gasteiger partial charge in [0.1, 0.15) is 26.0 Å². The fourth-order valence-electron chi connectivity index (χ4n) is 2.66. The fourth-order valence-corrected chi connectivity index (χ4v) is 5.14. The maximum atomic E-state index is 6.55. The number of benzene rings is 1. The summed E-state index contributed by atoms with van der Waals surface area (Å²) in [5, 5.41) is 0.925. The summed E-state index contributed by atoms with van der Waals surface area (Å²) in [5.41, 5.74) is 1.51. The van der Waals surface area contributed by atoms with E-state index in [1.807, 2.05) is 10.6 Å². The Morgan fingerprint density at radius 1 is 0.933 bits per heavy atom. The lowest BCUT2D eigenvalue weighted by Gasteiger charge is -2.17. The van der Waals surface area contributed by atoms with E-state index in [0.29, 0.717) is 34.5 Å². The Kier molecular flexibility index (Phi) is 9.89. The fraction of sp³-hybridized carbons (Fsp3) is 0.650. The molecular weight excluding hydrogens is 523 g/mol. The minimum Gasteiger partial charge on any atom is -0.361 e. The zero-order chi connectivity index (χ0) is 22.5. The molecule has 0 bridgehead atoms. The van der Waals surface area contributed by atoms with E-state index >= 15 is 0 Å². The Balaban J connectivity index is 2.09. The van der Waals surface area contributed by atoms with Crippen LogP contribution in [0.25, 0.3) is 11.0 Å². The van der Waals surface area contributed by atoms with Gasteiger partial charge in [-0.05, 0) is 34.1 Å². The van der Waals surface area contributed by atoms with Crippen molar-refractivity contribution in [1.82, 2.24) is 9.55 Å². The number of hydrogen-bond acceptors (Lipinski definition) is 4. The van der Waals surface area contributed by atoms with Crippen LogP contribution in [0.3, 0.4) is 0 Å². The Bertz CT molecular complexity index is 851. The molecule has 0 saturated carbocycles. The minimum atomic E-state index is -1.16. The van der Waals surface area contributed by atoms with Crippen molar-refractivity contribution in [2.75, 3.05) is 20.0 Å². The van der Waals surface area contributed by atoms with Gasteiger partial charge in [0, 0.05) is 33.8 Å². The molecule has 0 N–H and O–H groups in total. The van der Waals surface area contributed by atoms with Crippen LogP contribution in [0.4, 0.5) is 0 Å². The number of fused-ring (bicyclic) bond motifs is 1. The summed E-state index contributed by atoms with van der Waals surface area (Å²) in [6.07, 6.45) is 0. The van der Waals surface area contributed by atoms with Gasteiger partial charge in [-0.25, -0.2) is 4.98 Å². The highest BCUT2D eigenvalue weighted by atomic mass is 79.9. The van der Waals surface area contributed by atoms with Gasteiger partial charge in [-0.15, -0.1) is 0 Å². The minimum absolute atomic E-state index is 0.238. The molecule has 170 valence electrons. The van der Waals surface area contributed by atoms with Crippen LogP contribution in [0, 0.1) is 0 Å². The zero-order valence-electron chi connectivity index (χ0n) is 18.8. The molecule has 1 aromatic carbocycles. The Morgan fingerprint density at radius 2 is 1.53 bits per heavy atom. The molecule has 10 heteroatoms. The Labute approximate surface area is 200 Å². The number of ether oxygens (including phenoxy) is 3. The van der Waals surface area contributed by atoms with E-state index in [4.69, 9.17) is 42.4 Å². The zero-order valence-corrected chi connectivity index (χ0v) is 23.9. The lowest BCUT2D eigenvalue weighted by atomic mass is 10.3. The maximum absolute atomic E-state index is 6.55. The van der Waals surface area contributed by atoms with Crippen molar-refractivity contribution in [3.8, 4) is 0 Å². The van der Waals surface area contributed by atoms with Crippen LogP contribution in [0.5, 0.6) is 0 Å². The molecule has 2 aromatic rings. The molecule has 0 atom stereocenters. The van der Waals surface area contributed by atoms with Crippen LogP contribution in [-0.2, 0) is 27.5 Å². The van der Waals surface area contributed by atoms with Crippen molar-refractivity contribution in [2.45, 2.75) is 64.7 Å². The second-order valence-electron chi connectivity index (χ2n) is 9.84. The van der Waals surface area contributed by atoms with Crippen LogP contribution >= 0.6 is 39.1 Å². The van der Waals surface area contributed by atoms with Crippen LogP contribution in [0.15, 0.2) is 10.5 Å². The van der Waals surface area contributed by atoms with Crippen LogP contribution in [0.1, 0.15) is 5.82 Å². The van der Waals surface area contributed by atoms with E-state index in [2.05, 4.69) is 55.2 Å². The number of imidazole rings is 1. The highest BCUT2D eigenvalue weighted by Crippen LogP contribution is 2.37. The van der Waals surface area contributed by atoms with E-state index in [9.17, 15) is 0 Å². The smallest absolute Gasteiger partial charge is 0.147 e. The summed E-state index contributed by atoms with van der Waals surface area (Å²) in [6, 6.07) is 4.08. The molecule has 30 heavy (non-hydrogen) atoms. The lowest BCUT2D eigenvalue weighted by Crippen LogP contribution is -2.22. The van der Waals surface area contributed by atoms with Crippen molar-refractivity contribution >= 4 is 66.3 Å². The number of nitrogens with zero attached hydrogens (tertiary/aromatic N) is 2. The summed E-state index contributed by atoms with van der Waals surface area (Å²) in [7, 11) is -2.27. The predicted molar refractivity (Wildman–Crippen MR) is 135 cm³/mol. The molecule has 0 aliphatic heterocycles. The molecule has 1 heterocycles. The molecule has 0 radical (unpaired) electrons. The quantitative estimate of drug-likeness (QED) is 0.120. The average molecular weight is 556 g/mol. The summed E-state index contributed by atoms with van der Waals surface area (Å²) in [6.45, 7) is 16.3. The third-order valence-corrected chi connectivity index (χ3v) is 9.68. The van der Waals surface area contributed by atoms with Gasteiger partial charge < -0.3 is 18.8 Å². The average Bonchev–Trinajstić information content (AvgIpc) is 2.95. The Morgan fingerprint density at radius 3 is 2.13 bits per heavy atom. The monoisotopic (exact) mass is 554 g/mol. The van der Waals surface area contributed by atoms with Gasteiger partial charge in [0.15, 0.2) is 0 Å². The number of hydrogen-bond donors (Lipinski definition) is 0. The van der Waals surface area contributed by atoms with Gasteiger partial charge in [0.2, 0.25) is 0 Å². The van der Waals surface area contributed by atoms with E-state index in [0.717, 1.165) is 35.6 Å². The standard InChI is InChI=1S/C20H33BrCl2N2O3Si2/c1-29(2,3)9-7-26-13-25-17(12-28-14-27-8-10-30(4,5)6)24-16-11-15(21)18(22)19(23)20(16)25/h11H,7-10,12-14H2,1-6H3. The largest absolute Gasteiger partial charge is 0.361 e. The molecule has 0 amide bonds. The molecule has 0 saturated heterocycles. The maximum Gasteiger partial charge on any atom is 0.147 e. The number of aromatic nitrogens is 2. The summed E-state index contributed by atoms with van der Waals surface area (Å²) in [5.74, 6) is 0.739. The number of halogens is 3. The van der Waals surface area contributed by atoms with Crippen LogP contribution in [0.2, 0.25) is 61.4 Å². The van der Waals surface area contributed by atoms with Gasteiger partial charge in [-0.3, -0.25) is 0 Å². The first kappa shape index (κ1) is 26.3. The van der Waals surface area contributed by atoms with Gasteiger partial charge >= 0.3 is 0 Å². The first-order valence-corrected chi connectivity index (χ1v) is 19.1. The summed E-state index contributed by atoms with van der Waals surface area (Å²) >= 11 is 16.3. The number of rotatable bonds is 12. The SMILES string of the molecule is C[Si](C)(C)CCOCOCc1nc2cc(Br)c(Cl)c(Cl)c2n1COCC[Si](C)(C)C. The van der Waals surface area contributed by atoms with Crippen LogP contribution in [-0.4, -0.2) is 45.7 Å². The second-order valence-corrected chi connectivity index (χ2v) is 22.7. The second kappa shape index (κ2) is 11.3. The van der Waals surface area contributed by atoms with Crippen molar-refractivity contribution < 1.29 is 14.2 Å². The molecule has 1 aromatic heterocycles. The van der Waals surface area contributed by atoms with Gasteiger partial charge in [-0.2, -0.15) is 0 Å². The summed E-state index contributed by atoms with van der Waals surface area (Å²) < 4.78 is 20.0. The highest BCUT2D eigenvalue weighted by Gasteiger charge is 2.19. The molecule has 0 fully saturated rings. The van der Waals surface area contributed by atoms with Crippen molar-refractivity contribution in [2.24, 2.45) is 0 Å². The normalized spacial score (nSPS) is 12.8. The van der Waals surface area contributed by atoms with Crippen molar-refractivity contribution in [1.29, 1.82) is 0 Å².